The largest absolute Gasteiger partial charge is 0.493 e. The van der Waals surface area contributed by atoms with Gasteiger partial charge in [-0.25, -0.2) is 3.63 Å². The first-order valence-corrected chi connectivity index (χ1v) is 15.5. The standard InChI is InChI=1S/C25H30F4O4S2/c1-2-32-22-11-12-23(20-8-4-3-7-19(20)22)34(13-5-6-14-34)33-35(30,31)25(28,29)24(26,27)21-16-17-9-10-18(21)15-17/h3-4,7-8,11-12,17-18,21H,2,5-6,9-10,13-16H2,1H3. The van der Waals surface area contributed by atoms with Crippen LogP contribution in [0.1, 0.15) is 45.4 Å². The van der Waals surface area contributed by atoms with Crippen molar-refractivity contribution in [1.82, 2.24) is 0 Å². The van der Waals surface area contributed by atoms with Crippen LogP contribution in [0.15, 0.2) is 41.3 Å². The van der Waals surface area contributed by atoms with Crippen LogP contribution in [0.3, 0.4) is 0 Å². The van der Waals surface area contributed by atoms with E-state index >= 15 is 17.6 Å². The highest BCUT2D eigenvalue weighted by molar-refractivity contribution is 8.33. The molecule has 2 bridgehead atoms. The second kappa shape index (κ2) is 8.80. The first-order chi connectivity index (χ1) is 16.5. The van der Waals surface area contributed by atoms with Gasteiger partial charge < -0.3 is 4.74 Å². The molecule has 2 aliphatic carbocycles. The summed E-state index contributed by atoms with van der Waals surface area (Å²) in [7, 11) is -8.72. The first-order valence-electron chi connectivity index (χ1n) is 12.2. The maximum atomic E-state index is 15.3. The average Bonchev–Trinajstić information content (AvgIpc) is 3.57. The molecule has 5 rings (SSSR count). The molecule has 35 heavy (non-hydrogen) atoms. The summed E-state index contributed by atoms with van der Waals surface area (Å²) < 4.78 is 98.2. The minimum absolute atomic E-state index is 0.0303. The molecule has 3 atom stereocenters. The molecular formula is C25H30F4O4S2. The summed E-state index contributed by atoms with van der Waals surface area (Å²) in [4.78, 5) is 0.483. The summed E-state index contributed by atoms with van der Waals surface area (Å²) in [6, 6.07) is 10.4. The molecule has 3 unspecified atom stereocenters. The van der Waals surface area contributed by atoms with E-state index in [2.05, 4.69) is 0 Å². The number of ether oxygens (including phenoxy) is 1. The van der Waals surface area contributed by atoms with E-state index in [1.807, 2.05) is 6.92 Å². The normalized spacial score (nSPS) is 27.4. The fourth-order valence-corrected chi connectivity index (χ4v) is 12.1. The molecule has 1 saturated heterocycles. The lowest BCUT2D eigenvalue weighted by atomic mass is 9.84. The minimum Gasteiger partial charge on any atom is -0.493 e. The SMILES string of the molecule is CCOc1ccc(S2(OS(=O)(=O)C(F)(F)C(F)(F)C3CC4CCC3C4)CCCC2)c2ccccc12. The first kappa shape index (κ1) is 25.1. The Balaban J connectivity index is 1.54. The Hall–Kier alpha value is -1.52. The fourth-order valence-electron chi connectivity index (χ4n) is 6.23. The number of benzene rings is 2. The van der Waals surface area contributed by atoms with Gasteiger partial charge in [-0.3, -0.25) is 0 Å². The van der Waals surface area contributed by atoms with E-state index < -0.39 is 43.4 Å². The van der Waals surface area contributed by atoms with E-state index in [0.717, 1.165) is 6.42 Å². The van der Waals surface area contributed by atoms with Gasteiger partial charge in [0.2, 0.25) is 0 Å². The molecule has 1 heterocycles. The quantitative estimate of drug-likeness (QED) is 0.339. The molecule has 194 valence electrons. The van der Waals surface area contributed by atoms with Crippen molar-refractivity contribution in [1.29, 1.82) is 0 Å². The van der Waals surface area contributed by atoms with Crippen LogP contribution in [0.4, 0.5) is 17.6 Å². The molecule has 3 fully saturated rings. The second-order valence-electron chi connectivity index (χ2n) is 9.91. The van der Waals surface area contributed by atoms with Gasteiger partial charge in [0.05, 0.1) is 6.61 Å². The zero-order chi connectivity index (χ0) is 25.1. The number of hydrogen-bond donors (Lipinski definition) is 0. The van der Waals surface area contributed by atoms with Crippen LogP contribution in [0.2, 0.25) is 0 Å². The van der Waals surface area contributed by atoms with Crippen molar-refractivity contribution in [3.05, 3.63) is 36.4 Å². The van der Waals surface area contributed by atoms with Crippen molar-refractivity contribution < 1.29 is 34.3 Å². The number of fused-ring (bicyclic) bond motifs is 3. The molecule has 1 aliphatic heterocycles. The van der Waals surface area contributed by atoms with Crippen molar-refractivity contribution in [2.75, 3.05) is 18.1 Å². The minimum atomic E-state index is -5.93. The highest BCUT2D eigenvalue weighted by atomic mass is 32.3. The highest BCUT2D eigenvalue weighted by Crippen LogP contribution is 2.67. The van der Waals surface area contributed by atoms with Gasteiger partial charge in [0.1, 0.15) is 5.75 Å². The van der Waals surface area contributed by atoms with E-state index in [9.17, 15) is 8.42 Å². The fraction of sp³-hybridized carbons (Fsp3) is 0.600. The van der Waals surface area contributed by atoms with Gasteiger partial charge >= 0.3 is 21.3 Å². The van der Waals surface area contributed by atoms with Crippen LogP contribution in [0, 0.1) is 17.8 Å². The Morgan fingerprint density at radius 3 is 2.26 bits per heavy atom. The van der Waals surface area contributed by atoms with Crippen molar-refractivity contribution in [3.8, 4) is 5.75 Å². The van der Waals surface area contributed by atoms with Crippen LogP contribution in [0.5, 0.6) is 5.75 Å². The van der Waals surface area contributed by atoms with Crippen LogP contribution in [0.25, 0.3) is 10.8 Å². The van der Waals surface area contributed by atoms with Gasteiger partial charge in [-0.05, 0) is 68.4 Å². The topological polar surface area (TPSA) is 52.6 Å². The summed E-state index contributed by atoms with van der Waals surface area (Å²) in [6.07, 6.45) is 2.72. The van der Waals surface area contributed by atoms with Gasteiger partial charge in [0, 0.05) is 27.7 Å². The molecular weight excluding hydrogens is 504 g/mol. The Labute approximate surface area is 205 Å². The molecule has 2 saturated carbocycles. The van der Waals surface area contributed by atoms with E-state index in [1.165, 1.54) is 0 Å². The molecule has 3 aliphatic rings. The zero-order valence-electron chi connectivity index (χ0n) is 19.5. The summed E-state index contributed by atoms with van der Waals surface area (Å²) in [5.74, 6) is -5.91. The van der Waals surface area contributed by atoms with Crippen molar-refractivity contribution in [3.63, 3.8) is 0 Å². The smallest absolute Gasteiger partial charge is 0.432 e. The molecule has 0 N–H and O–H groups in total. The molecule has 2 aromatic rings. The molecule has 0 amide bonds. The van der Waals surface area contributed by atoms with E-state index in [0.29, 0.717) is 53.7 Å². The predicted octanol–water partition coefficient (Wildman–Crippen LogP) is 7.12. The van der Waals surface area contributed by atoms with Gasteiger partial charge in [0.25, 0.3) is 0 Å². The molecule has 0 radical (unpaired) electrons. The van der Waals surface area contributed by atoms with Gasteiger partial charge in [-0.15, -0.1) is 0 Å². The lowest BCUT2D eigenvalue weighted by Crippen LogP contribution is -2.53. The number of halogens is 4. The lowest BCUT2D eigenvalue weighted by molar-refractivity contribution is -0.202. The monoisotopic (exact) mass is 534 g/mol. The average molecular weight is 535 g/mol. The van der Waals surface area contributed by atoms with E-state index in [4.69, 9.17) is 8.37 Å². The van der Waals surface area contributed by atoms with Gasteiger partial charge in [-0.2, -0.15) is 26.0 Å². The summed E-state index contributed by atoms with van der Waals surface area (Å²) in [5, 5.41) is -3.97. The van der Waals surface area contributed by atoms with Crippen molar-refractivity contribution >= 4 is 31.2 Å². The van der Waals surface area contributed by atoms with Crippen LogP contribution in [-0.4, -0.2) is 37.7 Å². The molecule has 0 aromatic heterocycles. The van der Waals surface area contributed by atoms with Crippen LogP contribution < -0.4 is 4.74 Å². The van der Waals surface area contributed by atoms with Crippen molar-refractivity contribution in [2.24, 2.45) is 17.8 Å². The van der Waals surface area contributed by atoms with E-state index in [1.54, 1.807) is 36.4 Å². The summed E-state index contributed by atoms with van der Waals surface area (Å²) >= 11 is 0. The van der Waals surface area contributed by atoms with Crippen molar-refractivity contribution in [2.45, 2.75) is 61.5 Å². The number of alkyl halides is 4. The molecule has 10 heteroatoms. The highest BCUT2D eigenvalue weighted by Gasteiger charge is 2.73. The Kier molecular flexibility index (Phi) is 6.32. The maximum absolute atomic E-state index is 15.3. The predicted molar refractivity (Wildman–Crippen MR) is 129 cm³/mol. The molecule has 2 aromatic carbocycles. The molecule has 0 spiro atoms. The van der Waals surface area contributed by atoms with Crippen LogP contribution >= 0.6 is 10.3 Å². The maximum Gasteiger partial charge on any atom is 0.432 e. The summed E-state index contributed by atoms with van der Waals surface area (Å²) in [5.41, 5.74) is 0. The summed E-state index contributed by atoms with van der Waals surface area (Å²) in [6.45, 7) is 2.25. The number of hydrogen-bond acceptors (Lipinski definition) is 4. The Morgan fingerprint density at radius 2 is 1.66 bits per heavy atom. The second-order valence-corrected chi connectivity index (χ2v) is 14.8. The zero-order valence-corrected chi connectivity index (χ0v) is 21.2. The molecule has 4 nitrogen and oxygen atoms in total. The van der Waals surface area contributed by atoms with Gasteiger partial charge in [-0.1, -0.05) is 41.0 Å². The third kappa shape index (κ3) is 3.94. The van der Waals surface area contributed by atoms with E-state index in [-0.39, 0.29) is 23.8 Å². The lowest BCUT2D eigenvalue weighted by Gasteiger charge is -2.39. The third-order valence-electron chi connectivity index (χ3n) is 7.87. The van der Waals surface area contributed by atoms with Gasteiger partial charge in [0.15, 0.2) is 0 Å². The number of rotatable bonds is 8. The third-order valence-corrected chi connectivity index (χ3v) is 13.6. The Bertz CT molecular complexity index is 1210. The Morgan fingerprint density at radius 1 is 0.971 bits per heavy atom. The van der Waals surface area contributed by atoms with Crippen LogP contribution in [-0.2, 0) is 13.7 Å².